The summed E-state index contributed by atoms with van der Waals surface area (Å²) in [7, 11) is 0. The Balaban J connectivity index is 2.46. The first-order valence-electron chi connectivity index (χ1n) is 10.7. The molecule has 0 aromatic heterocycles. The van der Waals surface area contributed by atoms with Crippen molar-refractivity contribution in [2.75, 3.05) is 6.61 Å². The summed E-state index contributed by atoms with van der Waals surface area (Å²) in [5.74, 6) is -1.16. The maximum absolute atomic E-state index is 12.5. The van der Waals surface area contributed by atoms with Crippen LogP contribution in [0.15, 0.2) is 42.5 Å². The number of carbonyl (C=O) groups is 2. The monoisotopic (exact) mass is 388 g/mol. The van der Waals surface area contributed by atoms with Gasteiger partial charge in [0, 0.05) is 0 Å². The summed E-state index contributed by atoms with van der Waals surface area (Å²) in [5.41, 5.74) is 0.936. The largest absolute Gasteiger partial charge is 0.466 e. The number of ether oxygens (including phenoxy) is 2. The van der Waals surface area contributed by atoms with Gasteiger partial charge in [0.25, 0.3) is 0 Å². The summed E-state index contributed by atoms with van der Waals surface area (Å²) >= 11 is 0. The molecule has 0 saturated heterocycles. The molecule has 1 rings (SSSR count). The van der Waals surface area contributed by atoms with Crippen molar-refractivity contribution in [2.24, 2.45) is 5.92 Å². The smallest absolute Gasteiger partial charge is 0.310 e. The molecule has 1 atom stereocenters. The van der Waals surface area contributed by atoms with Crippen LogP contribution in [0.5, 0.6) is 0 Å². The molecule has 1 unspecified atom stereocenters. The van der Waals surface area contributed by atoms with Crippen LogP contribution >= 0.6 is 0 Å². The molecule has 0 spiro atoms. The van der Waals surface area contributed by atoms with Gasteiger partial charge in [0.05, 0.1) is 18.9 Å². The molecule has 0 fully saturated rings. The molecule has 0 bridgehead atoms. The Hall–Kier alpha value is -2.10. The Bertz CT molecular complexity index is 565. The van der Waals surface area contributed by atoms with E-state index in [2.05, 4.69) is 19.9 Å². The number of benzene rings is 1. The van der Waals surface area contributed by atoms with Gasteiger partial charge in [-0.05, 0) is 24.8 Å². The van der Waals surface area contributed by atoms with Gasteiger partial charge in [0.1, 0.15) is 6.61 Å². The number of rotatable bonds is 15. The molecule has 1 aromatic carbocycles. The van der Waals surface area contributed by atoms with E-state index in [0.717, 1.165) is 31.2 Å². The number of carbonyl (C=O) groups excluding carboxylic acids is 2. The highest BCUT2D eigenvalue weighted by molar-refractivity contribution is 5.80. The summed E-state index contributed by atoms with van der Waals surface area (Å²) < 4.78 is 10.8. The third-order valence-corrected chi connectivity index (χ3v) is 4.52. The van der Waals surface area contributed by atoms with E-state index in [-0.39, 0.29) is 25.0 Å². The molecule has 0 radical (unpaired) electrons. The van der Waals surface area contributed by atoms with E-state index >= 15 is 0 Å². The molecular weight excluding hydrogens is 352 g/mol. The Morgan fingerprint density at radius 3 is 2.39 bits per heavy atom. The topological polar surface area (TPSA) is 52.6 Å². The van der Waals surface area contributed by atoms with Gasteiger partial charge in [0.15, 0.2) is 0 Å². The number of allylic oxidation sites excluding steroid dienone is 2. The highest BCUT2D eigenvalue weighted by Crippen LogP contribution is 2.15. The van der Waals surface area contributed by atoms with Crippen LogP contribution in [0.1, 0.15) is 77.2 Å². The van der Waals surface area contributed by atoms with Crippen LogP contribution in [-0.2, 0) is 25.7 Å². The standard InChI is InChI=1S/C24H36O4/c1-3-5-7-9-14-18-27-23(25)19-22(17-13-8-6-4-2)24(26)28-20-21-15-11-10-12-16-21/h8,10-13,15-16,22H,3-7,9,14,17-20H2,1-2H3/b13-8+. The number of unbranched alkanes of at least 4 members (excludes halogenated alkanes) is 5. The van der Waals surface area contributed by atoms with Crippen molar-refractivity contribution in [1.29, 1.82) is 0 Å². The van der Waals surface area contributed by atoms with Crippen LogP contribution in [0, 0.1) is 5.92 Å². The Morgan fingerprint density at radius 1 is 0.929 bits per heavy atom. The summed E-state index contributed by atoms with van der Waals surface area (Å²) in [6.07, 6.45) is 12.1. The lowest BCUT2D eigenvalue weighted by Gasteiger charge is -2.14. The predicted octanol–water partition coefficient (Wildman–Crippen LogP) is 6.00. The van der Waals surface area contributed by atoms with E-state index in [1.54, 1.807) is 0 Å². The fraction of sp³-hybridized carbons (Fsp3) is 0.583. The second kappa shape index (κ2) is 15.9. The van der Waals surface area contributed by atoms with E-state index < -0.39 is 5.92 Å². The summed E-state index contributed by atoms with van der Waals surface area (Å²) in [6.45, 7) is 4.93. The molecular formula is C24H36O4. The normalized spacial score (nSPS) is 12.1. The molecule has 0 amide bonds. The third-order valence-electron chi connectivity index (χ3n) is 4.52. The quantitative estimate of drug-likeness (QED) is 0.210. The summed E-state index contributed by atoms with van der Waals surface area (Å²) in [6, 6.07) is 9.56. The maximum atomic E-state index is 12.5. The van der Waals surface area contributed by atoms with E-state index in [9.17, 15) is 9.59 Å². The van der Waals surface area contributed by atoms with Crippen molar-refractivity contribution in [1.82, 2.24) is 0 Å². The average molecular weight is 389 g/mol. The van der Waals surface area contributed by atoms with Crippen molar-refractivity contribution in [2.45, 2.75) is 78.2 Å². The van der Waals surface area contributed by atoms with Gasteiger partial charge in [-0.15, -0.1) is 0 Å². The highest BCUT2D eigenvalue weighted by atomic mass is 16.5. The van der Waals surface area contributed by atoms with Gasteiger partial charge in [0.2, 0.25) is 0 Å². The molecule has 156 valence electrons. The Morgan fingerprint density at radius 2 is 1.68 bits per heavy atom. The zero-order valence-electron chi connectivity index (χ0n) is 17.5. The first-order valence-corrected chi connectivity index (χ1v) is 10.7. The molecule has 28 heavy (non-hydrogen) atoms. The van der Waals surface area contributed by atoms with Gasteiger partial charge < -0.3 is 9.47 Å². The minimum absolute atomic E-state index is 0.0685. The lowest BCUT2D eigenvalue weighted by molar-refractivity contribution is -0.156. The van der Waals surface area contributed by atoms with Crippen LogP contribution in [0.4, 0.5) is 0 Å². The number of hydrogen-bond acceptors (Lipinski definition) is 4. The summed E-state index contributed by atoms with van der Waals surface area (Å²) in [5, 5.41) is 0. The molecule has 0 saturated carbocycles. The minimum atomic E-state index is -0.496. The van der Waals surface area contributed by atoms with Crippen LogP contribution in [-0.4, -0.2) is 18.5 Å². The van der Waals surface area contributed by atoms with E-state index in [1.165, 1.54) is 19.3 Å². The van der Waals surface area contributed by atoms with Crippen LogP contribution < -0.4 is 0 Å². The van der Waals surface area contributed by atoms with Gasteiger partial charge in [-0.1, -0.05) is 88.4 Å². The molecule has 0 heterocycles. The van der Waals surface area contributed by atoms with Crippen molar-refractivity contribution < 1.29 is 19.1 Å². The molecule has 0 aliphatic rings. The Labute approximate surface area is 170 Å². The SMILES string of the molecule is CCC/C=C/CC(CC(=O)OCCCCCCC)C(=O)OCc1ccccc1. The van der Waals surface area contributed by atoms with Crippen LogP contribution in [0.25, 0.3) is 0 Å². The second-order valence-electron chi connectivity index (χ2n) is 7.12. The molecule has 0 aliphatic carbocycles. The minimum Gasteiger partial charge on any atom is -0.466 e. The molecule has 0 N–H and O–H groups in total. The van der Waals surface area contributed by atoms with Crippen molar-refractivity contribution in [3.05, 3.63) is 48.0 Å². The first kappa shape index (κ1) is 23.9. The maximum Gasteiger partial charge on any atom is 0.310 e. The lowest BCUT2D eigenvalue weighted by Crippen LogP contribution is -2.22. The van der Waals surface area contributed by atoms with Crippen LogP contribution in [0.2, 0.25) is 0 Å². The average Bonchev–Trinajstić information content (AvgIpc) is 2.71. The van der Waals surface area contributed by atoms with Crippen molar-refractivity contribution >= 4 is 11.9 Å². The first-order chi connectivity index (χ1) is 13.7. The second-order valence-corrected chi connectivity index (χ2v) is 7.12. The van der Waals surface area contributed by atoms with Crippen molar-refractivity contribution in [3.8, 4) is 0 Å². The van der Waals surface area contributed by atoms with Gasteiger partial charge in [-0.3, -0.25) is 9.59 Å². The number of esters is 2. The van der Waals surface area contributed by atoms with E-state index in [1.807, 2.05) is 36.4 Å². The van der Waals surface area contributed by atoms with Crippen LogP contribution in [0.3, 0.4) is 0 Å². The molecule has 1 aromatic rings. The zero-order valence-corrected chi connectivity index (χ0v) is 17.5. The van der Waals surface area contributed by atoms with E-state index in [0.29, 0.717) is 13.0 Å². The fourth-order valence-corrected chi connectivity index (χ4v) is 2.81. The third kappa shape index (κ3) is 11.6. The lowest BCUT2D eigenvalue weighted by atomic mass is 10.0. The molecule has 4 nitrogen and oxygen atoms in total. The number of hydrogen-bond donors (Lipinski definition) is 0. The van der Waals surface area contributed by atoms with E-state index in [4.69, 9.17) is 9.47 Å². The predicted molar refractivity (Wildman–Crippen MR) is 113 cm³/mol. The zero-order chi connectivity index (χ0) is 20.5. The van der Waals surface area contributed by atoms with Crippen molar-refractivity contribution in [3.63, 3.8) is 0 Å². The molecule has 0 aliphatic heterocycles. The van der Waals surface area contributed by atoms with Gasteiger partial charge >= 0.3 is 11.9 Å². The molecule has 4 heteroatoms. The van der Waals surface area contributed by atoms with Gasteiger partial charge in [-0.2, -0.15) is 0 Å². The summed E-state index contributed by atoms with van der Waals surface area (Å²) in [4.78, 5) is 24.7. The Kier molecular flexibility index (Phi) is 13.6. The fourth-order valence-electron chi connectivity index (χ4n) is 2.81. The highest BCUT2D eigenvalue weighted by Gasteiger charge is 2.23. The van der Waals surface area contributed by atoms with Gasteiger partial charge in [-0.25, -0.2) is 0 Å².